The summed E-state index contributed by atoms with van der Waals surface area (Å²) >= 11 is 6.72. The van der Waals surface area contributed by atoms with Crippen LogP contribution >= 0.6 is 31.9 Å². The Bertz CT molecular complexity index is 1450. The van der Waals surface area contributed by atoms with Crippen molar-refractivity contribution in [3.8, 4) is 11.5 Å². The smallest absolute Gasteiger partial charge is 0.266 e. The van der Waals surface area contributed by atoms with Crippen molar-refractivity contribution in [2.45, 2.75) is 0 Å². The Morgan fingerprint density at radius 2 is 1.23 bits per heavy atom. The molecule has 5 rings (SSSR count). The third-order valence-electron chi connectivity index (χ3n) is 5.40. The topological polar surface area (TPSA) is 75.7 Å². The predicted molar refractivity (Wildman–Crippen MR) is 140 cm³/mol. The van der Waals surface area contributed by atoms with E-state index >= 15 is 0 Å². The fourth-order valence-corrected chi connectivity index (χ4v) is 4.19. The quantitative estimate of drug-likeness (QED) is 0.252. The van der Waals surface area contributed by atoms with Crippen LogP contribution in [0.2, 0.25) is 0 Å². The second kappa shape index (κ2) is 9.48. The second-order valence-electron chi connectivity index (χ2n) is 7.72. The molecule has 0 saturated heterocycles. The summed E-state index contributed by atoms with van der Waals surface area (Å²) in [6.07, 6.45) is 0. The minimum absolute atomic E-state index is 0.235. The fourth-order valence-electron chi connectivity index (χ4n) is 3.66. The minimum atomic E-state index is -0.452. The van der Waals surface area contributed by atoms with Gasteiger partial charge in [-0.1, -0.05) is 31.9 Å². The highest BCUT2D eigenvalue weighted by Gasteiger charge is 2.37. The molecule has 0 unspecified atom stereocenters. The largest absolute Gasteiger partial charge is 0.457 e. The van der Waals surface area contributed by atoms with Crippen LogP contribution in [-0.4, -0.2) is 17.7 Å². The zero-order valence-corrected chi connectivity index (χ0v) is 21.2. The number of hydrogen-bond donors (Lipinski definition) is 1. The summed E-state index contributed by atoms with van der Waals surface area (Å²) in [4.78, 5) is 39.7. The maximum Gasteiger partial charge on any atom is 0.266 e. The SMILES string of the molecule is O=C(Nc1ccc2c(c1)C(=O)N(c1ccc(Oc3ccc(Br)cc3)cc1)C2=O)c1ccc(Br)cc1. The standard InChI is InChI=1S/C27H16Br2N2O4/c28-17-3-1-16(2-4-17)25(32)30-19-7-14-23-24(15-19)27(34)31(26(23)33)20-8-12-22(13-9-20)35-21-10-5-18(29)6-11-21/h1-15H,(H,30,32). The lowest BCUT2D eigenvalue weighted by Crippen LogP contribution is -2.29. The highest BCUT2D eigenvalue weighted by molar-refractivity contribution is 9.10. The first-order chi connectivity index (χ1) is 16.9. The lowest BCUT2D eigenvalue weighted by atomic mass is 10.1. The van der Waals surface area contributed by atoms with Crippen LogP contribution in [0.4, 0.5) is 11.4 Å². The van der Waals surface area contributed by atoms with E-state index in [1.54, 1.807) is 60.7 Å². The van der Waals surface area contributed by atoms with Crippen LogP contribution in [-0.2, 0) is 0 Å². The molecule has 6 nitrogen and oxygen atoms in total. The zero-order chi connectivity index (χ0) is 24.5. The molecule has 1 aliphatic heterocycles. The van der Waals surface area contributed by atoms with E-state index in [1.165, 1.54) is 6.07 Å². The van der Waals surface area contributed by atoms with Crippen LogP contribution in [0.3, 0.4) is 0 Å². The van der Waals surface area contributed by atoms with Crippen LogP contribution in [0, 0.1) is 0 Å². The normalized spacial score (nSPS) is 12.5. The molecule has 0 fully saturated rings. The molecule has 1 aliphatic rings. The molecule has 3 amide bonds. The average molecular weight is 592 g/mol. The van der Waals surface area contributed by atoms with Gasteiger partial charge < -0.3 is 10.1 Å². The van der Waals surface area contributed by atoms with Crippen molar-refractivity contribution >= 4 is 61.0 Å². The Morgan fingerprint density at radius 3 is 1.86 bits per heavy atom. The summed E-state index contributed by atoms with van der Waals surface area (Å²) in [5.74, 6) is 0.0566. The lowest BCUT2D eigenvalue weighted by molar-refractivity contribution is 0.0924. The molecule has 4 aromatic carbocycles. The van der Waals surface area contributed by atoms with Crippen LogP contribution < -0.4 is 15.0 Å². The number of fused-ring (bicyclic) bond motifs is 1. The van der Waals surface area contributed by atoms with Gasteiger partial charge in [0.25, 0.3) is 17.7 Å². The van der Waals surface area contributed by atoms with Crippen molar-refractivity contribution in [1.82, 2.24) is 0 Å². The number of amides is 3. The van der Waals surface area contributed by atoms with Crippen molar-refractivity contribution in [2.75, 3.05) is 10.2 Å². The number of nitrogens with zero attached hydrogens (tertiary/aromatic N) is 1. The van der Waals surface area contributed by atoms with Gasteiger partial charge in [-0.25, -0.2) is 4.90 Å². The highest BCUT2D eigenvalue weighted by atomic mass is 79.9. The van der Waals surface area contributed by atoms with Gasteiger partial charge in [-0.05, 0) is 91.0 Å². The van der Waals surface area contributed by atoms with Gasteiger partial charge in [-0.15, -0.1) is 0 Å². The molecule has 0 spiro atoms. The average Bonchev–Trinajstić information content (AvgIpc) is 3.11. The van der Waals surface area contributed by atoms with Gasteiger partial charge in [0.15, 0.2) is 0 Å². The van der Waals surface area contributed by atoms with Crippen molar-refractivity contribution in [3.63, 3.8) is 0 Å². The van der Waals surface area contributed by atoms with E-state index in [9.17, 15) is 14.4 Å². The van der Waals surface area contributed by atoms with Gasteiger partial charge in [0, 0.05) is 20.2 Å². The Labute approximate surface area is 217 Å². The van der Waals surface area contributed by atoms with E-state index in [0.717, 1.165) is 13.8 Å². The molecule has 0 saturated carbocycles. The molecule has 0 bridgehead atoms. The van der Waals surface area contributed by atoms with E-state index in [-0.39, 0.29) is 17.0 Å². The number of anilines is 2. The highest BCUT2D eigenvalue weighted by Crippen LogP contribution is 2.32. The molecule has 4 aromatic rings. The van der Waals surface area contributed by atoms with E-state index in [4.69, 9.17) is 4.74 Å². The first-order valence-corrected chi connectivity index (χ1v) is 12.1. The monoisotopic (exact) mass is 590 g/mol. The van der Waals surface area contributed by atoms with Gasteiger partial charge in [0.05, 0.1) is 16.8 Å². The minimum Gasteiger partial charge on any atom is -0.457 e. The first-order valence-electron chi connectivity index (χ1n) is 10.5. The summed E-state index contributed by atoms with van der Waals surface area (Å²) in [5, 5.41) is 2.78. The van der Waals surface area contributed by atoms with Gasteiger partial charge in [0.2, 0.25) is 0 Å². The van der Waals surface area contributed by atoms with Crippen LogP contribution in [0.5, 0.6) is 11.5 Å². The summed E-state index contributed by atoms with van der Waals surface area (Å²) in [6.45, 7) is 0. The molecule has 0 atom stereocenters. The van der Waals surface area contributed by atoms with E-state index in [0.29, 0.717) is 28.4 Å². The molecular formula is C27H16Br2N2O4. The van der Waals surface area contributed by atoms with Crippen LogP contribution in [0.25, 0.3) is 0 Å². The maximum absolute atomic E-state index is 13.1. The van der Waals surface area contributed by atoms with Gasteiger partial charge in [0.1, 0.15) is 11.5 Å². The first kappa shape index (κ1) is 23.0. The molecular weight excluding hydrogens is 576 g/mol. The van der Waals surface area contributed by atoms with E-state index in [1.807, 2.05) is 24.3 Å². The Hall–Kier alpha value is -3.75. The van der Waals surface area contributed by atoms with Gasteiger partial charge in [-0.2, -0.15) is 0 Å². The summed E-state index contributed by atoms with van der Waals surface area (Å²) < 4.78 is 7.62. The number of carbonyl (C=O) groups excluding carboxylic acids is 3. The van der Waals surface area contributed by atoms with Crippen molar-refractivity contribution in [1.29, 1.82) is 0 Å². The summed E-state index contributed by atoms with van der Waals surface area (Å²) in [6, 6.07) is 25.7. The molecule has 172 valence electrons. The van der Waals surface area contributed by atoms with Crippen molar-refractivity contribution in [3.05, 3.63) is 117 Å². The van der Waals surface area contributed by atoms with E-state index in [2.05, 4.69) is 37.2 Å². The Balaban J connectivity index is 1.33. The number of ether oxygens (including phenoxy) is 1. The van der Waals surface area contributed by atoms with Gasteiger partial charge in [-0.3, -0.25) is 14.4 Å². The maximum atomic E-state index is 13.1. The number of rotatable bonds is 5. The zero-order valence-electron chi connectivity index (χ0n) is 18.0. The molecule has 0 radical (unpaired) electrons. The molecule has 1 heterocycles. The van der Waals surface area contributed by atoms with Crippen molar-refractivity contribution in [2.24, 2.45) is 0 Å². The fraction of sp³-hybridized carbons (Fsp3) is 0. The number of nitrogens with one attached hydrogen (secondary N) is 1. The van der Waals surface area contributed by atoms with Crippen LogP contribution in [0.1, 0.15) is 31.1 Å². The third kappa shape index (κ3) is 4.76. The number of hydrogen-bond acceptors (Lipinski definition) is 4. The van der Waals surface area contributed by atoms with Gasteiger partial charge >= 0.3 is 0 Å². The van der Waals surface area contributed by atoms with E-state index < -0.39 is 11.8 Å². The second-order valence-corrected chi connectivity index (χ2v) is 9.55. The summed E-state index contributed by atoms with van der Waals surface area (Å²) in [5.41, 5.74) is 1.85. The number of benzene rings is 4. The Kier molecular flexibility index (Phi) is 6.23. The number of halogens is 2. The van der Waals surface area contributed by atoms with Crippen molar-refractivity contribution < 1.29 is 19.1 Å². The molecule has 0 aliphatic carbocycles. The third-order valence-corrected chi connectivity index (χ3v) is 6.45. The molecule has 8 heteroatoms. The lowest BCUT2D eigenvalue weighted by Gasteiger charge is -2.14. The molecule has 0 aromatic heterocycles. The molecule has 1 N–H and O–H groups in total. The number of imide groups is 1. The number of carbonyl (C=O) groups is 3. The molecule has 35 heavy (non-hydrogen) atoms. The van der Waals surface area contributed by atoms with Crippen LogP contribution in [0.15, 0.2) is 99.9 Å². The summed E-state index contributed by atoms with van der Waals surface area (Å²) in [7, 11) is 0. The predicted octanol–water partition coefficient (Wildman–Crippen LogP) is 7.06. The Morgan fingerprint density at radius 1 is 0.686 bits per heavy atom.